The summed E-state index contributed by atoms with van der Waals surface area (Å²) in [6, 6.07) is 12.8. The first-order valence-electron chi connectivity index (χ1n) is 10.5. The molecule has 6 heteroatoms. The number of aryl methyl sites for hydroxylation is 1. The highest BCUT2D eigenvalue weighted by atomic mass is 16.3. The molecule has 1 N–H and O–H groups in total. The average molecular weight is 408 g/mol. The molecule has 1 unspecified atom stereocenters. The number of carbonyl (C=O) groups excluding carboxylic acids is 2. The lowest BCUT2D eigenvalue weighted by atomic mass is 9.94. The number of aliphatic hydroxyl groups excluding tert-OH is 1. The highest BCUT2D eigenvalue weighted by Gasteiger charge is 2.43. The van der Waals surface area contributed by atoms with E-state index in [4.69, 9.17) is 0 Å². The predicted molar refractivity (Wildman–Crippen MR) is 116 cm³/mol. The van der Waals surface area contributed by atoms with Gasteiger partial charge in [-0.1, -0.05) is 44.2 Å². The molecule has 0 fully saturated rings. The first-order chi connectivity index (χ1) is 14.6. The number of nitrogens with zero attached hydrogens (tertiary/aromatic N) is 3. The number of Topliss-reactive ketones (excluding diaryl/α,β-unsaturated/α-hetero) is 1. The van der Waals surface area contributed by atoms with Crippen molar-refractivity contribution in [3.63, 3.8) is 0 Å². The molecule has 3 rings (SSSR count). The summed E-state index contributed by atoms with van der Waals surface area (Å²) >= 11 is 0. The van der Waals surface area contributed by atoms with Gasteiger partial charge < -0.3 is 14.9 Å². The number of carbonyl (C=O) groups is 2. The molecule has 6 nitrogen and oxygen atoms in total. The standard InChI is InChI=1S/C24H29N3O3/c1-3-26(4-2)16-17-27-22(19-12-14-25-15-13-19)21(23(29)24(27)30)20(28)11-10-18-8-6-5-7-9-18/h5-9,12-15,22,29H,3-4,10-11,16-17H2,1-2H3. The van der Waals surface area contributed by atoms with Crippen LogP contribution in [0.15, 0.2) is 66.2 Å². The van der Waals surface area contributed by atoms with Crippen molar-refractivity contribution in [2.75, 3.05) is 26.2 Å². The maximum Gasteiger partial charge on any atom is 0.290 e. The van der Waals surface area contributed by atoms with Crippen molar-refractivity contribution in [3.05, 3.63) is 77.3 Å². The van der Waals surface area contributed by atoms with Crippen LogP contribution in [0.5, 0.6) is 0 Å². The third kappa shape index (κ3) is 4.76. The lowest BCUT2D eigenvalue weighted by Crippen LogP contribution is -2.38. The number of pyridine rings is 1. The van der Waals surface area contributed by atoms with Crippen LogP contribution < -0.4 is 0 Å². The molecular formula is C24H29N3O3. The van der Waals surface area contributed by atoms with Crippen molar-refractivity contribution < 1.29 is 14.7 Å². The number of benzene rings is 1. The van der Waals surface area contributed by atoms with Crippen molar-refractivity contribution in [1.82, 2.24) is 14.8 Å². The maximum atomic E-state index is 13.1. The number of hydrogen-bond donors (Lipinski definition) is 1. The average Bonchev–Trinajstić information content (AvgIpc) is 3.04. The van der Waals surface area contributed by atoms with Crippen molar-refractivity contribution >= 4 is 11.7 Å². The Hall–Kier alpha value is -2.99. The monoisotopic (exact) mass is 407 g/mol. The minimum Gasteiger partial charge on any atom is -0.503 e. The fourth-order valence-corrected chi connectivity index (χ4v) is 3.89. The summed E-state index contributed by atoms with van der Waals surface area (Å²) in [7, 11) is 0. The zero-order valence-electron chi connectivity index (χ0n) is 17.6. The van der Waals surface area contributed by atoms with Gasteiger partial charge in [-0.15, -0.1) is 0 Å². The molecular weight excluding hydrogens is 378 g/mol. The van der Waals surface area contributed by atoms with E-state index in [2.05, 4.69) is 23.7 Å². The summed E-state index contributed by atoms with van der Waals surface area (Å²) in [5.74, 6) is -1.10. The van der Waals surface area contributed by atoms with E-state index in [0.717, 1.165) is 24.2 Å². The number of hydrogen-bond acceptors (Lipinski definition) is 5. The van der Waals surface area contributed by atoms with Crippen LogP contribution in [0, 0.1) is 0 Å². The van der Waals surface area contributed by atoms with Crippen LogP contribution in [-0.2, 0) is 16.0 Å². The van der Waals surface area contributed by atoms with Gasteiger partial charge in [0, 0.05) is 31.9 Å². The third-order valence-corrected chi connectivity index (χ3v) is 5.66. The van der Waals surface area contributed by atoms with Crippen LogP contribution in [0.3, 0.4) is 0 Å². The van der Waals surface area contributed by atoms with Crippen LogP contribution in [0.25, 0.3) is 0 Å². The Morgan fingerprint density at radius 1 is 1.10 bits per heavy atom. The lowest BCUT2D eigenvalue weighted by Gasteiger charge is -2.29. The number of ketones is 1. The molecule has 1 aliphatic rings. The van der Waals surface area contributed by atoms with E-state index >= 15 is 0 Å². The molecule has 1 aromatic carbocycles. The second-order valence-corrected chi connectivity index (χ2v) is 7.38. The van der Waals surface area contributed by atoms with Crippen LogP contribution in [0.2, 0.25) is 0 Å². The maximum absolute atomic E-state index is 13.1. The van der Waals surface area contributed by atoms with Gasteiger partial charge in [-0.25, -0.2) is 0 Å². The fourth-order valence-electron chi connectivity index (χ4n) is 3.89. The zero-order chi connectivity index (χ0) is 21.5. The number of rotatable bonds is 10. The van der Waals surface area contributed by atoms with Crippen LogP contribution >= 0.6 is 0 Å². The summed E-state index contributed by atoms with van der Waals surface area (Å²) in [5.41, 5.74) is 2.03. The molecule has 2 aromatic rings. The van der Waals surface area contributed by atoms with E-state index < -0.39 is 17.7 Å². The Balaban J connectivity index is 1.85. The van der Waals surface area contributed by atoms with Gasteiger partial charge in [-0.05, 0) is 42.8 Å². The fraction of sp³-hybridized carbons (Fsp3) is 0.375. The normalized spacial score (nSPS) is 16.6. The summed E-state index contributed by atoms with van der Waals surface area (Å²) in [6.07, 6.45) is 4.09. The molecule has 1 aromatic heterocycles. The molecule has 30 heavy (non-hydrogen) atoms. The summed E-state index contributed by atoms with van der Waals surface area (Å²) < 4.78 is 0. The number of amides is 1. The molecule has 0 spiro atoms. The molecule has 0 bridgehead atoms. The van der Waals surface area contributed by atoms with Crippen LogP contribution in [-0.4, -0.2) is 57.8 Å². The molecule has 0 aliphatic carbocycles. The largest absolute Gasteiger partial charge is 0.503 e. The third-order valence-electron chi connectivity index (χ3n) is 5.66. The Morgan fingerprint density at radius 2 is 1.77 bits per heavy atom. The predicted octanol–water partition coefficient (Wildman–Crippen LogP) is 3.32. The van der Waals surface area contributed by atoms with E-state index in [1.54, 1.807) is 29.4 Å². The minimum atomic E-state index is -0.584. The van der Waals surface area contributed by atoms with Crippen LogP contribution in [0.4, 0.5) is 0 Å². The number of aliphatic hydroxyl groups is 1. The minimum absolute atomic E-state index is 0.196. The van der Waals surface area contributed by atoms with Gasteiger partial charge in [-0.3, -0.25) is 14.6 Å². The molecule has 1 aliphatic heterocycles. The smallest absolute Gasteiger partial charge is 0.290 e. The van der Waals surface area contributed by atoms with E-state index in [1.807, 2.05) is 30.3 Å². The highest BCUT2D eigenvalue weighted by Crippen LogP contribution is 2.38. The topological polar surface area (TPSA) is 73.7 Å². The Bertz CT molecular complexity index is 892. The van der Waals surface area contributed by atoms with Gasteiger partial charge in [0.15, 0.2) is 11.5 Å². The molecule has 1 amide bonds. The van der Waals surface area contributed by atoms with E-state index in [0.29, 0.717) is 19.5 Å². The van der Waals surface area contributed by atoms with E-state index in [1.165, 1.54) is 0 Å². The second kappa shape index (κ2) is 10.2. The van der Waals surface area contributed by atoms with Crippen molar-refractivity contribution in [1.29, 1.82) is 0 Å². The van der Waals surface area contributed by atoms with Gasteiger partial charge in [0.25, 0.3) is 5.91 Å². The first-order valence-corrected chi connectivity index (χ1v) is 10.5. The van der Waals surface area contributed by atoms with Gasteiger partial charge in [-0.2, -0.15) is 0 Å². The van der Waals surface area contributed by atoms with E-state index in [9.17, 15) is 14.7 Å². The van der Waals surface area contributed by atoms with Gasteiger partial charge in [0.2, 0.25) is 0 Å². The van der Waals surface area contributed by atoms with Crippen molar-refractivity contribution in [3.8, 4) is 0 Å². The lowest BCUT2D eigenvalue weighted by molar-refractivity contribution is -0.129. The molecule has 158 valence electrons. The zero-order valence-corrected chi connectivity index (χ0v) is 17.6. The van der Waals surface area contributed by atoms with Crippen molar-refractivity contribution in [2.45, 2.75) is 32.7 Å². The Kier molecular flexibility index (Phi) is 7.36. The molecule has 1 atom stereocenters. The second-order valence-electron chi connectivity index (χ2n) is 7.38. The Morgan fingerprint density at radius 3 is 2.40 bits per heavy atom. The van der Waals surface area contributed by atoms with Gasteiger partial charge in [0.05, 0.1) is 11.6 Å². The highest BCUT2D eigenvalue weighted by molar-refractivity contribution is 6.09. The molecule has 0 saturated heterocycles. The van der Waals surface area contributed by atoms with Gasteiger partial charge in [0.1, 0.15) is 0 Å². The first kappa shape index (κ1) is 21.7. The summed E-state index contributed by atoms with van der Waals surface area (Å²) in [5, 5.41) is 10.6. The summed E-state index contributed by atoms with van der Waals surface area (Å²) in [6.45, 7) is 7.02. The van der Waals surface area contributed by atoms with E-state index in [-0.39, 0.29) is 17.8 Å². The molecule has 2 heterocycles. The molecule has 0 saturated carbocycles. The number of aromatic nitrogens is 1. The summed E-state index contributed by atoms with van der Waals surface area (Å²) in [4.78, 5) is 33.9. The van der Waals surface area contributed by atoms with Crippen molar-refractivity contribution in [2.24, 2.45) is 0 Å². The van der Waals surface area contributed by atoms with Crippen LogP contribution in [0.1, 0.15) is 37.4 Å². The molecule has 0 radical (unpaired) electrons. The Labute approximate surface area is 177 Å². The number of likely N-dealkylation sites (N-methyl/N-ethyl adjacent to an activating group) is 1. The SMILES string of the molecule is CCN(CC)CCN1C(=O)C(O)=C(C(=O)CCc2ccccc2)C1c1ccncc1. The quantitative estimate of drug-likeness (QED) is 0.654. The van der Waals surface area contributed by atoms with Gasteiger partial charge >= 0.3 is 0 Å².